The fraction of sp³-hybridized carbons (Fsp3) is 0.500. The van der Waals surface area contributed by atoms with E-state index in [1.54, 1.807) is 24.3 Å². The van der Waals surface area contributed by atoms with Crippen molar-refractivity contribution in [1.82, 2.24) is 0 Å². The van der Waals surface area contributed by atoms with Crippen molar-refractivity contribution in [3.63, 3.8) is 0 Å². The van der Waals surface area contributed by atoms with Gasteiger partial charge in [0.1, 0.15) is 0 Å². The minimum atomic E-state index is -1.36. The summed E-state index contributed by atoms with van der Waals surface area (Å²) in [4.78, 5) is 11.2. The number of hydrogen-bond acceptors (Lipinski definition) is 1. The molecule has 1 aliphatic rings. The second-order valence-corrected chi connectivity index (χ2v) is 7.99. The third kappa shape index (κ3) is 2.64. The molecule has 0 aromatic heterocycles. The zero-order valence-corrected chi connectivity index (χ0v) is 13.9. The van der Waals surface area contributed by atoms with Gasteiger partial charge in [0.05, 0.1) is 11.3 Å². The molecule has 0 aliphatic heterocycles. The van der Waals surface area contributed by atoms with Crippen molar-refractivity contribution >= 4 is 52.4 Å². The Balaban J connectivity index is 2.26. The molecule has 1 saturated carbocycles. The minimum absolute atomic E-state index is 0.285. The van der Waals surface area contributed by atoms with E-state index in [0.717, 1.165) is 0 Å². The molecule has 2 rings (SSSR count). The Hall–Kier alpha value is -0.150. The summed E-state index contributed by atoms with van der Waals surface area (Å²) in [5, 5.41) is 9.08. The van der Waals surface area contributed by atoms with Crippen LogP contribution in [0.4, 0.5) is 0 Å². The zero-order chi connectivity index (χ0) is 15.3. The Morgan fingerprint density at radius 1 is 1.30 bits per heavy atom. The van der Waals surface area contributed by atoms with Gasteiger partial charge in [0.2, 0.25) is 0 Å². The molecule has 0 amide bonds. The van der Waals surface area contributed by atoms with Crippen LogP contribution in [0.1, 0.15) is 19.4 Å². The van der Waals surface area contributed by atoms with E-state index >= 15 is 0 Å². The smallest absolute Gasteiger partial charge is 0.307 e. The molecule has 0 heterocycles. The van der Waals surface area contributed by atoms with Gasteiger partial charge in [0.15, 0.2) is 4.33 Å². The number of benzene rings is 1. The van der Waals surface area contributed by atoms with Crippen LogP contribution in [0.5, 0.6) is 0 Å². The highest BCUT2D eigenvalue weighted by molar-refractivity contribution is 6.52. The fourth-order valence-corrected chi connectivity index (χ4v) is 4.00. The Morgan fingerprint density at radius 3 is 2.20 bits per heavy atom. The van der Waals surface area contributed by atoms with Gasteiger partial charge in [-0.15, -0.1) is 11.6 Å². The number of hydrogen-bond donors (Lipinski definition) is 1. The highest BCUT2D eigenvalue weighted by Gasteiger charge is 2.67. The predicted molar refractivity (Wildman–Crippen MR) is 82.9 cm³/mol. The largest absolute Gasteiger partial charge is 0.481 e. The molecule has 1 fully saturated rings. The summed E-state index contributed by atoms with van der Waals surface area (Å²) in [6.45, 7) is 3.72. The van der Waals surface area contributed by atoms with Gasteiger partial charge in [0.25, 0.3) is 0 Å². The van der Waals surface area contributed by atoms with Crippen LogP contribution in [0, 0.1) is 17.3 Å². The lowest BCUT2D eigenvalue weighted by molar-refractivity contribution is -0.139. The van der Waals surface area contributed by atoms with E-state index in [9.17, 15) is 9.90 Å². The second-order valence-electron chi connectivity index (χ2n) is 5.69. The molecule has 110 valence electrons. The van der Waals surface area contributed by atoms with Crippen LogP contribution in [0.15, 0.2) is 24.3 Å². The highest BCUT2D eigenvalue weighted by atomic mass is 35.5. The molecule has 3 atom stereocenters. The molecule has 1 aromatic rings. The van der Waals surface area contributed by atoms with Crippen LogP contribution in [0.2, 0.25) is 5.02 Å². The molecule has 1 aromatic carbocycles. The molecule has 1 unspecified atom stereocenters. The number of aliphatic carboxylic acids is 1. The van der Waals surface area contributed by atoms with E-state index in [2.05, 4.69) is 0 Å². The molecule has 1 aliphatic carbocycles. The third-order valence-corrected chi connectivity index (χ3v) is 6.05. The summed E-state index contributed by atoms with van der Waals surface area (Å²) in [5.41, 5.74) is 0.191. The van der Waals surface area contributed by atoms with Crippen molar-refractivity contribution in [2.24, 2.45) is 17.3 Å². The van der Waals surface area contributed by atoms with Crippen molar-refractivity contribution in [2.45, 2.75) is 23.6 Å². The van der Waals surface area contributed by atoms with Crippen molar-refractivity contribution in [1.29, 1.82) is 0 Å². The van der Waals surface area contributed by atoms with Gasteiger partial charge < -0.3 is 5.11 Å². The molecular weight excluding hydrogens is 342 g/mol. The summed E-state index contributed by atoms with van der Waals surface area (Å²) in [7, 11) is 0. The average Bonchev–Trinajstić information content (AvgIpc) is 2.91. The average molecular weight is 356 g/mol. The predicted octanol–water partition coefficient (Wildman–Crippen LogP) is 4.93. The summed E-state index contributed by atoms with van der Waals surface area (Å²) >= 11 is 25.0. The van der Waals surface area contributed by atoms with Crippen LogP contribution in [0.3, 0.4) is 0 Å². The molecule has 2 nitrogen and oxygen atoms in total. The molecular formula is C14H14Cl4O2. The van der Waals surface area contributed by atoms with Gasteiger partial charge in [-0.25, -0.2) is 0 Å². The second kappa shape index (κ2) is 5.24. The summed E-state index contributed by atoms with van der Waals surface area (Å²) in [6, 6.07) is 6.74. The van der Waals surface area contributed by atoms with Crippen LogP contribution in [-0.4, -0.2) is 16.5 Å². The molecule has 6 heteroatoms. The van der Waals surface area contributed by atoms with Gasteiger partial charge in [0, 0.05) is 5.02 Å². The van der Waals surface area contributed by atoms with Gasteiger partial charge in [-0.05, 0) is 29.0 Å². The maximum atomic E-state index is 11.2. The zero-order valence-electron chi connectivity index (χ0n) is 10.9. The summed E-state index contributed by atoms with van der Waals surface area (Å²) < 4.78 is -1.36. The van der Waals surface area contributed by atoms with Crippen LogP contribution in [-0.2, 0) is 9.13 Å². The van der Waals surface area contributed by atoms with E-state index in [0.29, 0.717) is 10.6 Å². The first-order valence-electron chi connectivity index (χ1n) is 6.11. The lowest BCUT2D eigenvalue weighted by Crippen LogP contribution is -2.28. The summed E-state index contributed by atoms with van der Waals surface area (Å²) in [5.74, 6) is -1.69. The first kappa shape index (κ1) is 16.2. The molecule has 0 bridgehead atoms. The van der Waals surface area contributed by atoms with E-state index in [-0.39, 0.29) is 5.92 Å². The van der Waals surface area contributed by atoms with E-state index in [1.165, 1.54) is 0 Å². The van der Waals surface area contributed by atoms with Crippen LogP contribution < -0.4 is 0 Å². The number of alkyl halides is 3. The van der Waals surface area contributed by atoms with Crippen molar-refractivity contribution in [3.05, 3.63) is 34.9 Å². The van der Waals surface area contributed by atoms with Gasteiger partial charge in [-0.3, -0.25) is 4.79 Å². The van der Waals surface area contributed by atoms with Gasteiger partial charge in [-0.1, -0.05) is 60.8 Å². The van der Waals surface area contributed by atoms with Crippen LogP contribution >= 0.6 is 46.4 Å². The first-order chi connectivity index (χ1) is 9.10. The number of rotatable bonds is 4. The Labute approximate surface area is 138 Å². The third-order valence-electron chi connectivity index (χ3n) is 4.07. The normalized spacial score (nSPS) is 26.1. The molecule has 0 spiro atoms. The van der Waals surface area contributed by atoms with Crippen molar-refractivity contribution in [2.75, 3.05) is 0 Å². The Bertz CT molecular complexity index is 524. The first-order valence-corrected chi connectivity index (χ1v) is 7.68. The molecule has 0 saturated heterocycles. The van der Waals surface area contributed by atoms with Gasteiger partial charge >= 0.3 is 5.97 Å². The number of halogens is 4. The van der Waals surface area contributed by atoms with Crippen molar-refractivity contribution < 1.29 is 9.90 Å². The van der Waals surface area contributed by atoms with E-state index in [4.69, 9.17) is 46.4 Å². The van der Waals surface area contributed by atoms with E-state index < -0.39 is 27.0 Å². The minimum Gasteiger partial charge on any atom is -0.481 e. The molecule has 20 heavy (non-hydrogen) atoms. The molecule has 0 radical (unpaired) electrons. The maximum absolute atomic E-state index is 11.2. The monoisotopic (exact) mass is 354 g/mol. The number of carboxylic acids is 1. The number of carboxylic acid groups (broad SMARTS) is 1. The Kier molecular flexibility index (Phi) is 4.25. The quantitative estimate of drug-likeness (QED) is 0.777. The molecule has 1 N–H and O–H groups in total. The SMILES string of the molecule is CC1(C)[C@H](C(=O)O)[C@@H]1C(Cl)C(Cl)(Cl)c1ccc(Cl)cc1. The van der Waals surface area contributed by atoms with Crippen molar-refractivity contribution in [3.8, 4) is 0 Å². The fourth-order valence-electron chi connectivity index (χ4n) is 2.75. The topological polar surface area (TPSA) is 37.3 Å². The van der Waals surface area contributed by atoms with Gasteiger partial charge in [-0.2, -0.15) is 0 Å². The number of carbonyl (C=O) groups is 1. The lowest BCUT2D eigenvalue weighted by atomic mass is 10.0. The lowest BCUT2D eigenvalue weighted by Gasteiger charge is -2.27. The highest BCUT2D eigenvalue weighted by Crippen LogP contribution is 2.65. The Morgan fingerprint density at radius 2 is 1.80 bits per heavy atom. The van der Waals surface area contributed by atoms with Crippen LogP contribution in [0.25, 0.3) is 0 Å². The summed E-state index contributed by atoms with van der Waals surface area (Å²) in [6.07, 6.45) is 0. The van der Waals surface area contributed by atoms with E-state index in [1.807, 2.05) is 13.8 Å². The maximum Gasteiger partial charge on any atom is 0.307 e. The standard InChI is InChI=1S/C14H14Cl4O2/c1-13(2)9(10(13)12(19)20)11(16)14(17,18)7-3-5-8(15)6-4-7/h3-6,9-11H,1-2H3,(H,19,20)/t9-,10+,11?/m1/s1.